The van der Waals surface area contributed by atoms with Crippen LogP contribution in [0.1, 0.15) is 11.1 Å². The molecule has 2 rings (SSSR count). The van der Waals surface area contributed by atoms with Gasteiger partial charge in [-0.25, -0.2) is 0 Å². The molecule has 106 valence electrons. The molecule has 0 unspecified atom stereocenters. The molecule has 0 radical (unpaired) electrons. The van der Waals surface area contributed by atoms with E-state index in [0.717, 1.165) is 33.7 Å². The van der Waals surface area contributed by atoms with Gasteiger partial charge in [0.1, 0.15) is 0 Å². The second kappa shape index (κ2) is 7.11. The van der Waals surface area contributed by atoms with E-state index in [1.807, 2.05) is 6.07 Å². The number of hydrogen-bond donors (Lipinski definition) is 1. The van der Waals surface area contributed by atoms with Gasteiger partial charge in [0.15, 0.2) is 0 Å². The van der Waals surface area contributed by atoms with E-state index >= 15 is 0 Å². The third kappa shape index (κ3) is 3.98. The SMILES string of the molecule is CN(Cc1ccc(Br)cc1)c1ccc(CCN)c(Cl)c1. The molecule has 0 aromatic heterocycles. The Hall–Kier alpha value is -1.03. The molecule has 0 heterocycles. The molecule has 2 aromatic carbocycles. The van der Waals surface area contributed by atoms with E-state index < -0.39 is 0 Å². The maximum absolute atomic E-state index is 6.29. The summed E-state index contributed by atoms with van der Waals surface area (Å²) in [4.78, 5) is 2.18. The predicted molar refractivity (Wildman–Crippen MR) is 90.5 cm³/mol. The molecule has 0 atom stereocenters. The van der Waals surface area contributed by atoms with Gasteiger partial charge < -0.3 is 10.6 Å². The Morgan fingerprint density at radius 2 is 1.85 bits per heavy atom. The zero-order valence-corrected chi connectivity index (χ0v) is 13.8. The maximum Gasteiger partial charge on any atom is 0.0459 e. The van der Waals surface area contributed by atoms with Crippen molar-refractivity contribution in [1.82, 2.24) is 0 Å². The first-order valence-corrected chi connectivity index (χ1v) is 7.71. The summed E-state index contributed by atoms with van der Waals surface area (Å²) in [7, 11) is 2.07. The third-order valence-corrected chi connectivity index (χ3v) is 4.10. The highest BCUT2D eigenvalue weighted by molar-refractivity contribution is 9.10. The fraction of sp³-hybridized carbons (Fsp3) is 0.250. The van der Waals surface area contributed by atoms with Gasteiger partial charge in [0.05, 0.1) is 0 Å². The maximum atomic E-state index is 6.29. The molecular weight excluding hydrogens is 336 g/mol. The molecule has 2 N–H and O–H groups in total. The van der Waals surface area contributed by atoms with E-state index in [4.69, 9.17) is 17.3 Å². The molecule has 0 saturated heterocycles. The number of rotatable bonds is 5. The highest BCUT2D eigenvalue weighted by Crippen LogP contribution is 2.24. The first-order valence-electron chi connectivity index (χ1n) is 6.54. The first kappa shape index (κ1) is 15.4. The van der Waals surface area contributed by atoms with E-state index in [1.165, 1.54) is 5.56 Å². The van der Waals surface area contributed by atoms with Crippen molar-refractivity contribution in [2.45, 2.75) is 13.0 Å². The van der Waals surface area contributed by atoms with Crippen LogP contribution in [0.3, 0.4) is 0 Å². The number of anilines is 1. The molecule has 0 saturated carbocycles. The summed E-state index contributed by atoms with van der Waals surface area (Å²) >= 11 is 9.74. The molecule has 0 bridgehead atoms. The van der Waals surface area contributed by atoms with Gasteiger partial charge in [0, 0.05) is 28.8 Å². The molecule has 4 heteroatoms. The monoisotopic (exact) mass is 352 g/mol. The number of nitrogens with two attached hydrogens (primary N) is 1. The van der Waals surface area contributed by atoms with Crippen molar-refractivity contribution in [2.24, 2.45) is 5.73 Å². The van der Waals surface area contributed by atoms with Crippen LogP contribution in [-0.4, -0.2) is 13.6 Å². The fourth-order valence-electron chi connectivity index (χ4n) is 2.09. The van der Waals surface area contributed by atoms with Gasteiger partial charge >= 0.3 is 0 Å². The Morgan fingerprint density at radius 3 is 2.45 bits per heavy atom. The average molecular weight is 354 g/mol. The Morgan fingerprint density at radius 1 is 1.15 bits per heavy atom. The molecule has 0 spiro atoms. The van der Waals surface area contributed by atoms with Crippen LogP contribution in [0.4, 0.5) is 5.69 Å². The Kier molecular flexibility index (Phi) is 5.46. The van der Waals surface area contributed by atoms with Crippen LogP contribution in [0.2, 0.25) is 5.02 Å². The van der Waals surface area contributed by atoms with Crippen LogP contribution in [0.5, 0.6) is 0 Å². The predicted octanol–water partition coefficient (Wildman–Crippen LogP) is 4.24. The summed E-state index contributed by atoms with van der Waals surface area (Å²) in [6, 6.07) is 14.5. The van der Waals surface area contributed by atoms with Crippen molar-refractivity contribution >= 4 is 33.2 Å². The highest BCUT2D eigenvalue weighted by atomic mass is 79.9. The lowest BCUT2D eigenvalue weighted by molar-refractivity contribution is 0.919. The molecule has 0 fully saturated rings. The Balaban J connectivity index is 2.10. The second-order valence-corrected chi connectivity index (χ2v) is 6.12. The molecule has 20 heavy (non-hydrogen) atoms. The van der Waals surface area contributed by atoms with Crippen molar-refractivity contribution in [3.8, 4) is 0 Å². The van der Waals surface area contributed by atoms with Gasteiger partial charge in [-0.1, -0.05) is 45.7 Å². The minimum Gasteiger partial charge on any atom is -0.370 e. The number of nitrogens with zero attached hydrogens (tertiary/aromatic N) is 1. The van der Waals surface area contributed by atoms with E-state index in [0.29, 0.717) is 6.54 Å². The van der Waals surface area contributed by atoms with Crippen LogP contribution < -0.4 is 10.6 Å². The Labute approximate surface area is 133 Å². The third-order valence-electron chi connectivity index (χ3n) is 3.22. The van der Waals surface area contributed by atoms with Gasteiger partial charge in [-0.15, -0.1) is 0 Å². The summed E-state index contributed by atoms with van der Waals surface area (Å²) in [5.41, 5.74) is 9.05. The normalized spacial score (nSPS) is 10.6. The van der Waals surface area contributed by atoms with E-state index in [-0.39, 0.29) is 0 Å². The second-order valence-electron chi connectivity index (χ2n) is 4.80. The zero-order valence-electron chi connectivity index (χ0n) is 11.4. The van der Waals surface area contributed by atoms with Gasteiger partial charge in [-0.2, -0.15) is 0 Å². The lowest BCUT2D eigenvalue weighted by Gasteiger charge is -2.20. The number of benzene rings is 2. The molecule has 0 aliphatic heterocycles. The zero-order chi connectivity index (χ0) is 14.5. The van der Waals surface area contributed by atoms with E-state index in [1.54, 1.807) is 0 Å². The minimum atomic E-state index is 0.619. The smallest absolute Gasteiger partial charge is 0.0459 e. The molecule has 0 amide bonds. The largest absolute Gasteiger partial charge is 0.370 e. The number of hydrogen-bond acceptors (Lipinski definition) is 2. The van der Waals surface area contributed by atoms with Gasteiger partial charge in [0.25, 0.3) is 0 Å². The topological polar surface area (TPSA) is 29.3 Å². The average Bonchev–Trinajstić information content (AvgIpc) is 2.44. The lowest BCUT2D eigenvalue weighted by atomic mass is 10.1. The summed E-state index contributed by atoms with van der Waals surface area (Å²) in [6.07, 6.45) is 0.815. The molecule has 0 aliphatic rings. The van der Waals surface area contributed by atoms with Crippen molar-refractivity contribution in [1.29, 1.82) is 0 Å². The van der Waals surface area contributed by atoms with Crippen molar-refractivity contribution in [2.75, 3.05) is 18.5 Å². The van der Waals surface area contributed by atoms with Crippen LogP contribution >= 0.6 is 27.5 Å². The number of halogens is 2. The van der Waals surface area contributed by atoms with Crippen LogP contribution in [0.15, 0.2) is 46.9 Å². The van der Waals surface area contributed by atoms with Gasteiger partial charge in [0.2, 0.25) is 0 Å². The van der Waals surface area contributed by atoms with Crippen LogP contribution in [0, 0.1) is 0 Å². The summed E-state index contributed by atoms with van der Waals surface area (Å²) < 4.78 is 1.10. The standard InChI is InChI=1S/C16H18BrClN2/c1-20(11-12-2-5-14(17)6-3-12)15-7-4-13(8-9-19)16(18)10-15/h2-7,10H,8-9,11,19H2,1H3. The summed E-state index contributed by atoms with van der Waals surface area (Å²) in [5.74, 6) is 0. The highest BCUT2D eigenvalue weighted by Gasteiger charge is 2.06. The first-order chi connectivity index (χ1) is 9.60. The van der Waals surface area contributed by atoms with Gasteiger partial charge in [-0.05, 0) is 48.4 Å². The Bertz CT molecular complexity index is 569. The van der Waals surface area contributed by atoms with E-state index in [2.05, 4.69) is 64.3 Å². The van der Waals surface area contributed by atoms with Crippen LogP contribution in [0.25, 0.3) is 0 Å². The lowest BCUT2D eigenvalue weighted by Crippen LogP contribution is -2.16. The minimum absolute atomic E-state index is 0.619. The molecule has 0 aliphatic carbocycles. The molecule has 2 aromatic rings. The molecule has 2 nitrogen and oxygen atoms in total. The van der Waals surface area contributed by atoms with Gasteiger partial charge in [-0.3, -0.25) is 0 Å². The van der Waals surface area contributed by atoms with E-state index in [9.17, 15) is 0 Å². The fourth-order valence-corrected chi connectivity index (χ4v) is 2.62. The van der Waals surface area contributed by atoms with Crippen molar-refractivity contribution in [3.63, 3.8) is 0 Å². The summed E-state index contributed by atoms with van der Waals surface area (Å²) in [5, 5.41) is 0.788. The summed E-state index contributed by atoms with van der Waals surface area (Å²) in [6.45, 7) is 1.47. The van der Waals surface area contributed by atoms with Crippen molar-refractivity contribution < 1.29 is 0 Å². The van der Waals surface area contributed by atoms with Crippen LogP contribution in [-0.2, 0) is 13.0 Å². The van der Waals surface area contributed by atoms with Crippen molar-refractivity contribution in [3.05, 3.63) is 63.1 Å². The molecular formula is C16H18BrClN2. The quantitative estimate of drug-likeness (QED) is 0.871.